The second kappa shape index (κ2) is 10.6. The highest BCUT2D eigenvalue weighted by molar-refractivity contribution is 4.90. The van der Waals surface area contributed by atoms with E-state index in [0.29, 0.717) is 0 Å². The van der Waals surface area contributed by atoms with Crippen molar-refractivity contribution in [2.24, 2.45) is 23.7 Å². The van der Waals surface area contributed by atoms with E-state index in [1.165, 1.54) is 38.5 Å². The van der Waals surface area contributed by atoms with Gasteiger partial charge in [-0.25, -0.2) is 0 Å². The number of rotatable bonds is 10. The van der Waals surface area contributed by atoms with E-state index >= 15 is 0 Å². The molecule has 0 heterocycles. The summed E-state index contributed by atoms with van der Waals surface area (Å²) in [6.45, 7) is 14.1. The van der Waals surface area contributed by atoms with Gasteiger partial charge in [0.15, 0.2) is 0 Å². The van der Waals surface area contributed by atoms with Crippen LogP contribution >= 0.6 is 0 Å². The molecule has 0 N–H and O–H groups in total. The second-order valence-corrected chi connectivity index (χ2v) is 6.45. The molecule has 0 nitrogen and oxygen atoms in total. The summed E-state index contributed by atoms with van der Waals surface area (Å²) in [5.74, 6) is 3.12. The molecule has 0 radical (unpaired) electrons. The SMILES string of the molecule is CCCCCCCC=CC(C)C(C)C(C)C(C)C. The van der Waals surface area contributed by atoms with Gasteiger partial charge in [-0.2, -0.15) is 0 Å². The fourth-order valence-electron chi connectivity index (χ4n) is 2.44. The Bertz CT molecular complexity index is 202. The predicted molar refractivity (Wildman–Crippen MR) is 84.8 cm³/mol. The summed E-state index contributed by atoms with van der Waals surface area (Å²) >= 11 is 0. The van der Waals surface area contributed by atoms with Crippen molar-refractivity contribution in [3.8, 4) is 0 Å². The lowest BCUT2D eigenvalue weighted by molar-refractivity contribution is 0.251. The molecule has 18 heavy (non-hydrogen) atoms. The number of unbranched alkanes of at least 4 members (excludes halogenated alkanes) is 5. The van der Waals surface area contributed by atoms with E-state index < -0.39 is 0 Å². The summed E-state index contributed by atoms with van der Waals surface area (Å²) in [6.07, 6.45) is 13.1. The molecule has 0 aliphatic heterocycles. The van der Waals surface area contributed by atoms with E-state index in [9.17, 15) is 0 Å². The van der Waals surface area contributed by atoms with Crippen molar-refractivity contribution in [3.63, 3.8) is 0 Å². The second-order valence-electron chi connectivity index (χ2n) is 6.45. The number of hydrogen-bond donors (Lipinski definition) is 0. The molecular weight excluding hydrogens is 216 g/mol. The fraction of sp³-hybridized carbons (Fsp3) is 0.889. The van der Waals surface area contributed by atoms with Crippen LogP contribution in [0.4, 0.5) is 0 Å². The first-order chi connectivity index (χ1) is 8.50. The van der Waals surface area contributed by atoms with Crippen LogP contribution in [0.25, 0.3) is 0 Å². The molecule has 0 saturated carbocycles. The van der Waals surface area contributed by atoms with Crippen LogP contribution in [-0.4, -0.2) is 0 Å². The topological polar surface area (TPSA) is 0 Å². The van der Waals surface area contributed by atoms with Gasteiger partial charge in [-0.05, 0) is 36.5 Å². The zero-order chi connectivity index (χ0) is 14.0. The monoisotopic (exact) mass is 252 g/mol. The van der Waals surface area contributed by atoms with Gasteiger partial charge in [-0.15, -0.1) is 0 Å². The Morgan fingerprint density at radius 3 is 1.94 bits per heavy atom. The molecule has 0 saturated heterocycles. The first kappa shape index (κ1) is 17.7. The summed E-state index contributed by atoms with van der Waals surface area (Å²) < 4.78 is 0. The van der Waals surface area contributed by atoms with Crippen LogP contribution in [0.5, 0.6) is 0 Å². The molecule has 0 rings (SSSR count). The Morgan fingerprint density at radius 1 is 0.778 bits per heavy atom. The number of allylic oxidation sites excluding steroid dienone is 2. The quantitative estimate of drug-likeness (QED) is 0.309. The molecule has 0 fully saturated rings. The normalized spacial score (nSPS) is 17.3. The van der Waals surface area contributed by atoms with Gasteiger partial charge in [0.05, 0.1) is 0 Å². The molecule has 0 aliphatic rings. The van der Waals surface area contributed by atoms with Gasteiger partial charge < -0.3 is 0 Å². The van der Waals surface area contributed by atoms with E-state index in [4.69, 9.17) is 0 Å². The first-order valence-electron chi connectivity index (χ1n) is 8.17. The van der Waals surface area contributed by atoms with E-state index in [1.807, 2.05) is 0 Å². The maximum Gasteiger partial charge on any atom is -0.0234 e. The highest BCUT2D eigenvalue weighted by Gasteiger charge is 2.19. The van der Waals surface area contributed by atoms with Crippen LogP contribution in [-0.2, 0) is 0 Å². The smallest absolute Gasteiger partial charge is 0.0234 e. The van der Waals surface area contributed by atoms with Crippen LogP contribution < -0.4 is 0 Å². The number of hydrogen-bond acceptors (Lipinski definition) is 0. The summed E-state index contributed by atoms with van der Waals surface area (Å²) in [6, 6.07) is 0. The molecule has 108 valence electrons. The molecule has 0 aliphatic carbocycles. The zero-order valence-electron chi connectivity index (χ0n) is 13.7. The third-order valence-corrected chi connectivity index (χ3v) is 4.62. The molecule has 0 aromatic heterocycles. The molecular formula is C18H36. The van der Waals surface area contributed by atoms with Crippen LogP contribution in [0.15, 0.2) is 12.2 Å². The molecule has 0 spiro atoms. The maximum absolute atomic E-state index is 2.45. The van der Waals surface area contributed by atoms with Gasteiger partial charge in [0, 0.05) is 0 Å². The van der Waals surface area contributed by atoms with Crippen LogP contribution in [0.3, 0.4) is 0 Å². The van der Waals surface area contributed by atoms with Crippen molar-refractivity contribution >= 4 is 0 Å². The lowest BCUT2D eigenvalue weighted by Crippen LogP contribution is -2.19. The van der Waals surface area contributed by atoms with Gasteiger partial charge >= 0.3 is 0 Å². The van der Waals surface area contributed by atoms with Gasteiger partial charge in [-0.1, -0.05) is 79.4 Å². The summed E-state index contributed by atoms with van der Waals surface area (Å²) in [7, 11) is 0. The third-order valence-electron chi connectivity index (χ3n) is 4.62. The van der Waals surface area contributed by atoms with Gasteiger partial charge in [0.2, 0.25) is 0 Å². The lowest BCUT2D eigenvalue weighted by Gasteiger charge is -2.27. The molecule has 0 amide bonds. The van der Waals surface area contributed by atoms with E-state index in [0.717, 1.165) is 23.7 Å². The van der Waals surface area contributed by atoms with Crippen LogP contribution in [0, 0.1) is 23.7 Å². The standard InChI is InChI=1S/C18H36/c1-7-8-9-10-11-12-13-14-16(4)18(6)17(5)15(2)3/h13-18H,7-12H2,1-6H3. The Hall–Kier alpha value is -0.260. The summed E-state index contributed by atoms with van der Waals surface area (Å²) in [4.78, 5) is 0. The molecule has 3 unspecified atom stereocenters. The van der Waals surface area contributed by atoms with Crippen LogP contribution in [0.1, 0.15) is 80.1 Å². The third kappa shape index (κ3) is 7.95. The van der Waals surface area contributed by atoms with Crippen LogP contribution in [0.2, 0.25) is 0 Å². The van der Waals surface area contributed by atoms with Gasteiger partial charge in [0.1, 0.15) is 0 Å². The van der Waals surface area contributed by atoms with Crippen molar-refractivity contribution in [3.05, 3.63) is 12.2 Å². The Balaban J connectivity index is 3.76. The summed E-state index contributed by atoms with van der Waals surface area (Å²) in [5.41, 5.74) is 0. The first-order valence-corrected chi connectivity index (χ1v) is 8.17. The average Bonchev–Trinajstić information content (AvgIpc) is 2.35. The largest absolute Gasteiger partial charge is 0.0883 e. The molecule has 0 aromatic rings. The van der Waals surface area contributed by atoms with Crippen molar-refractivity contribution in [1.82, 2.24) is 0 Å². The maximum atomic E-state index is 2.45. The Kier molecular flexibility index (Phi) is 10.5. The van der Waals surface area contributed by atoms with Crippen molar-refractivity contribution in [2.45, 2.75) is 80.1 Å². The van der Waals surface area contributed by atoms with E-state index in [1.54, 1.807) is 0 Å². The predicted octanol–water partition coefficient (Wildman–Crippen LogP) is 6.47. The average molecular weight is 252 g/mol. The van der Waals surface area contributed by atoms with Gasteiger partial charge in [-0.3, -0.25) is 0 Å². The molecule has 3 atom stereocenters. The lowest BCUT2D eigenvalue weighted by atomic mass is 9.79. The molecule has 0 heteroatoms. The minimum absolute atomic E-state index is 0.720. The highest BCUT2D eigenvalue weighted by Crippen LogP contribution is 2.27. The summed E-state index contributed by atoms with van der Waals surface area (Å²) in [5, 5.41) is 0. The van der Waals surface area contributed by atoms with Gasteiger partial charge in [0.25, 0.3) is 0 Å². The molecule has 0 aromatic carbocycles. The minimum atomic E-state index is 0.720. The minimum Gasteiger partial charge on any atom is -0.0883 e. The van der Waals surface area contributed by atoms with E-state index in [2.05, 4.69) is 53.7 Å². The Morgan fingerprint density at radius 2 is 1.39 bits per heavy atom. The Labute approximate surface area is 116 Å². The fourth-order valence-corrected chi connectivity index (χ4v) is 2.44. The van der Waals surface area contributed by atoms with Crippen molar-refractivity contribution in [2.75, 3.05) is 0 Å². The van der Waals surface area contributed by atoms with Crippen molar-refractivity contribution in [1.29, 1.82) is 0 Å². The van der Waals surface area contributed by atoms with E-state index in [-0.39, 0.29) is 0 Å². The van der Waals surface area contributed by atoms with Crippen molar-refractivity contribution < 1.29 is 0 Å². The zero-order valence-corrected chi connectivity index (χ0v) is 13.7. The highest BCUT2D eigenvalue weighted by atomic mass is 14.2. The molecule has 0 bridgehead atoms.